The van der Waals surface area contributed by atoms with Gasteiger partial charge in [0.15, 0.2) is 0 Å². The normalized spacial score (nSPS) is 12.2. The Morgan fingerprint density at radius 2 is 0.183 bits per heavy atom. The lowest BCUT2D eigenvalue weighted by Crippen LogP contribution is -2.28. The summed E-state index contributed by atoms with van der Waals surface area (Å²) in [5.74, 6) is 0. The molecule has 0 aromatic carbocycles. The molecule has 0 aliphatic carbocycles. The van der Waals surface area contributed by atoms with E-state index >= 15 is 0 Å². The molecule has 0 fully saturated rings. The quantitative estimate of drug-likeness (QED) is 0.0533. The van der Waals surface area contributed by atoms with Gasteiger partial charge in [0.1, 0.15) is 0 Å². The van der Waals surface area contributed by atoms with Crippen molar-refractivity contribution in [3.8, 4) is 0 Å². The standard InChI is InChI=1S/C82H166/c1-7-13-19-25-31-37-43-49-55-61-67-73-81(74-68-62-56-50-44-38-32-26-20-14-8-2,75-69-63-57-51-45-39-33-27-21-15-9-3)79-80-82(76-70-64-58-52-46-40-34-28-22-16-10-4,77-71-65-59-53-47-41-35-29-23-17-11-5)78-72-66-60-54-48-42-36-30-24-18-12-6/h7-80H2,1-6H3. The first-order chi connectivity index (χ1) is 40.6. The highest BCUT2D eigenvalue weighted by molar-refractivity contribution is 4.87. The summed E-state index contributed by atoms with van der Waals surface area (Å²) in [5.41, 5.74) is 1.18. The Bertz CT molecular complexity index is 886. The van der Waals surface area contributed by atoms with Crippen LogP contribution in [-0.2, 0) is 0 Å². The molecule has 0 radical (unpaired) electrons. The minimum absolute atomic E-state index is 0.592. The maximum absolute atomic E-state index is 2.36. The summed E-state index contributed by atoms with van der Waals surface area (Å²) in [5, 5.41) is 0. The monoisotopic (exact) mass is 1150 g/mol. The van der Waals surface area contributed by atoms with Crippen molar-refractivity contribution in [2.45, 2.75) is 517 Å². The van der Waals surface area contributed by atoms with Gasteiger partial charge in [-0.15, -0.1) is 0 Å². The van der Waals surface area contributed by atoms with Crippen LogP contribution in [0, 0.1) is 10.8 Å². The fourth-order valence-electron chi connectivity index (χ4n) is 15.0. The van der Waals surface area contributed by atoms with Crippen molar-refractivity contribution in [1.29, 1.82) is 0 Å². The van der Waals surface area contributed by atoms with E-state index in [1.165, 1.54) is 424 Å². The molecule has 494 valence electrons. The summed E-state index contributed by atoms with van der Waals surface area (Å²) >= 11 is 0. The molecule has 0 atom stereocenters. The van der Waals surface area contributed by atoms with Crippen molar-refractivity contribution >= 4 is 0 Å². The van der Waals surface area contributed by atoms with Crippen LogP contribution in [0.3, 0.4) is 0 Å². The predicted molar refractivity (Wildman–Crippen MR) is 381 cm³/mol. The maximum atomic E-state index is 2.36. The van der Waals surface area contributed by atoms with Crippen LogP contribution in [-0.4, -0.2) is 0 Å². The topological polar surface area (TPSA) is 0 Å². The van der Waals surface area contributed by atoms with E-state index in [2.05, 4.69) is 41.5 Å². The largest absolute Gasteiger partial charge is 0.0654 e. The minimum Gasteiger partial charge on any atom is -0.0654 e. The van der Waals surface area contributed by atoms with Gasteiger partial charge in [-0.05, 0) is 62.2 Å². The van der Waals surface area contributed by atoms with Crippen LogP contribution < -0.4 is 0 Å². The van der Waals surface area contributed by atoms with Gasteiger partial charge in [-0.25, -0.2) is 0 Å². The van der Waals surface area contributed by atoms with Gasteiger partial charge in [0.25, 0.3) is 0 Å². The molecular formula is C82H166. The van der Waals surface area contributed by atoms with E-state index in [0.29, 0.717) is 10.8 Å². The highest BCUT2D eigenvalue weighted by Gasteiger charge is 2.35. The van der Waals surface area contributed by atoms with Crippen molar-refractivity contribution in [3.63, 3.8) is 0 Å². The van der Waals surface area contributed by atoms with Crippen LogP contribution in [0.25, 0.3) is 0 Å². The molecule has 0 bridgehead atoms. The van der Waals surface area contributed by atoms with Crippen molar-refractivity contribution in [2.24, 2.45) is 10.8 Å². The lowest BCUT2D eigenvalue weighted by Gasteiger charge is -2.41. The summed E-state index contributed by atoms with van der Waals surface area (Å²) in [6.45, 7) is 14.2. The molecule has 82 heavy (non-hydrogen) atoms. The van der Waals surface area contributed by atoms with Crippen molar-refractivity contribution < 1.29 is 0 Å². The lowest BCUT2D eigenvalue weighted by atomic mass is 9.64. The van der Waals surface area contributed by atoms with Gasteiger partial charge in [0.2, 0.25) is 0 Å². The summed E-state index contributed by atoms with van der Waals surface area (Å²) in [6.07, 6.45) is 110. The van der Waals surface area contributed by atoms with E-state index in [1.54, 1.807) is 51.4 Å². The van der Waals surface area contributed by atoms with Crippen molar-refractivity contribution in [1.82, 2.24) is 0 Å². The molecule has 0 nitrogen and oxygen atoms in total. The van der Waals surface area contributed by atoms with Crippen molar-refractivity contribution in [3.05, 3.63) is 0 Å². The average molecular weight is 1150 g/mol. The first kappa shape index (κ1) is 82.0. The fraction of sp³-hybridized carbons (Fsp3) is 1.00. The molecule has 0 spiro atoms. The van der Waals surface area contributed by atoms with Gasteiger partial charge in [0, 0.05) is 0 Å². The van der Waals surface area contributed by atoms with Gasteiger partial charge in [0.05, 0.1) is 0 Å². The van der Waals surface area contributed by atoms with Crippen LogP contribution in [0.1, 0.15) is 517 Å². The molecule has 0 saturated heterocycles. The highest BCUT2D eigenvalue weighted by Crippen LogP contribution is 2.49. The average Bonchev–Trinajstić information content (AvgIpc) is 3.48. The molecule has 0 saturated carbocycles. The molecule has 0 unspecified atom stereocenters. The second-order valence-corrected chi connectivity index (χ2v) is 29.2. The Hall–Kier alpha value is 0. The number of hydrogen-bond acceptors (Lipinski definition) is 0. The molecule has 0 heteroatoms. The SMILES string of the molecule is CCCCCCCCCCCCCC(CCCCCCCCCCCCC)(CCCCCCCCCCCCC)CCC(CCCCCCCCCCCCC)(CCCCCCCCCCCCC)CCCCCCCCCCCCC. The Balaban J connectivity index is 6.55. The number of rotatable bonds is 75. The Morgan fingerprint density at radius 1 is 0.0976 bits per heavy atom. The maximum Gasteiger partial charge on any atom is -0.0297 e. The van der Waals surface area contributed by atoms with Crippen LogP contribution >= 0.6 is 0 Å². The molecular weight excluding hydrogens is 985 g/mol. The fourth-order valence-corrected chi connectivity index (χ4v) is 15.0. The van der Waals surface area contributed by atoms with Crippen LogP contribution in [0.2, 0.25) is 0 Å². The third-order valence-corrected chi connectivity index (χ3v) is 21.0. The van der Waals surface area contributed by atoms with E-state index in [9.17, 15) is 0 Å². The summed E-state index contributed by atoms with van der Waals surface area (Å²) in [7, 11) is 0. The molecule has 0 aromatic heterocycles. The Labute approximate surface area is 524 Å². The van der Waals surface area contributed by atoms with Gasteiger partial charge < -0.3 is 0 Å². The summed E-state index contributed by atoms with van der Waals surface area (Å²) < 4.78 is 0. The molecule has 0 amide bonds. The van der Waals surface area contributed by atoms with E-state index in [1.807, 2.05) is 0 Å². The van der Waals surface area contributed by atoms with Crippen LogP contribution in [0.15, 0.2) is 0 Å². The predicted octanol–water partition coefficient (Wildman–Crippen LogP) is 31.9. The molecule has 0 rings (SSSR count). The molecule has 0 aromatic rings. The highest BCUT2D eigenvalue weighted by atomic mass is 14.4. The zero-order valence-electron chi connectivity index (χ0n) is 59.3. The Kier molecular flexibility index (Phi) is 70.1. The van der Waals surface area contributed by atoms with Crippen LogP contribution in [0.5, 0.6) is 0 Å². The molecule has 0 N–H and O–H groups in total. The van der Waals surface area contributed by atoms with E-state index in [-0.39, 0.29) is 0 Å². The molecule has 0 aliphatic rings. The Morgan fingerprint density at radius 3 is 0.280 bits per heavy atom. The summed E-state index contributed by atoms with van der Waals surface area (Å²) in [4.78, 5) is 0. The van der Waals surface area contributed by atoms with E-state index in [4.69, 9.17) is 0 Å². The van der Waals surface area contributed by atoms with E-state index < -0.39 is 0 Å². The first-order valence-electron chi connectivity index (χ1n) is 40.6. The lowest BCUT2D eigenvalue weighted by molar-refractivity contribution is 0.106. The van der Waals surface area contributed by atoms with Crippen LogP contribution in [0.4, 0.5) is 0 Å². The van der Waals surface area contributed by atoms with Gasteiger partial charge in [-0.3, -0.25) is 0 Å². The third-order valence-electron chi connectivity index (χ3n) is 21.0. The summed E-state index contributed by atoms with van der Waals surface area (Å²) in [6, 6.07) is 0. The second kappa shape index (κ2) is 70.1. The van der Waals surface area contributed by atoms with Gasteiger partial charge >= 0.3 is 0 Å². The van der Waals surface area contributed by atoms with E-state index in [0.717, 1.165) is 0 Å². The smallest absolute Gasteiger partial charge is 0.0297 e. The molecule has 0 heterocycles. The second-order valence-electron chi connectivity index (χ2n) is 29.2. The van der Waals surface area contributed by atoms with Crippen molar-refractivity contribution in [2.75, 3.05) is 0 Å². The third kappa shape index (κ3) is 60.3. The zero-order chi connectivity index (χ0) is 59.3. The number of unbranched alkanes of at least 4 members (excludes halogenated alkanes) is 60. The molecule has 0 aliphatic heterocycles. The van der Waals surface area contributed by atoms with Gasteiger partial charge in [-0.2, -0.15) is 0 Å². The zero-order valence-corrected chi connectivity index (χ0v) is 59.3. The first-order valence-corrected chi connectivity index (χ1v) is 40.6. The minimum atomic E-state index is 0.592. The number of hydrogen-bond donors (Lipinski definition) is 0. The van der Waals surface area contributed by atoms with Gasteiger partial charge in [-0.1, -0.05) is 465 Å².